The lowest BCUT2D eigenvalue weighted by atomic mass is 9.81. The van der Waals surface area contributed by atoms with Gasteiger partial charge >= 0.3 is 5.97 Å². The summed E-state index contributed by atoms with van der Waals surface area (Å²) >= 11 is 0. The van der Waals surface area contributed by atoms with E-state index in [4.69, 9.17) is 14.6 Å². The molecule has 0 bridgehead atoms. The molecule has 0 saturated heterocycles. The fourth-order valence-electron chi connectivity index (χ4n) is 4.00. The Morgan fingerprint density at radius 2 is 1.45 bits per heavy atom. The molecule has 4 rings (SSSR count). The van der Waals surface area contributed by atoms with Gasteiger partial charge in [-0.3, -0.25) is 0 Å². The van der Waals surface area contributed by atoms with E-state index in [0.717, 1.165) is 5.57 Å². The first-order valence-corrected chi connectivity index (χ1v) is 9.89. The average Bonchev–Trinajstić information content (AvgIpc) is 3.36. The van der Waals surface area contributed by atoms with Crippen LogP contribution in [0.5, 0.6) is 0 Å². The normalized spacial score (nSPS) is 18.4. The van der Waals surface area contributed by atoms with Crippen molar-refractivity contribution < 1.29 is 19.4 Å². The molecule has 0 heterocycles. The first kappa shape index (κ1) is 19.4. The number of allylic oxidation sites excluding steroid dienone is 3. The Hall–Kier alpha value is -2.95. The monoisotopic (exact) mass is 388 g/mol. The number of benzene rings is 2. The Morgan fingerprint density at radius 1 is 0.862 bits per heavy atom. The van der Waals surface area contributed by atoms with Gasteiger partial charge in [-0.05, 0) is 27.8 Å². The van der Waals surface area contributed by atoms with E-state index in [1.165, 1.54) is 22.3 Å². The van der Waals surface area contributed by atoms with Crippen LogP contribution >= 0.6 is 0 Å². The van der Waals surface area contributed by atoms with Crippen LogP contribution in [-0.4, -0.2) is 37.5 Å². The molecule has 29 heavy (non-hydrogen) atoms. The zero-order valence-electron chi connectivity index (χ0n) is 16.2. The molecule has 2 aliphatic rings. The summed E-state index contributed by atoms with van der Waals surface area (Å²) in [5.41, 5.74) is 5.79. The topological polar surface area (TPSA) is 55.8 Å². The Labute approximate surface area is 170 Å². The van der Waals surface area contributed by atoms with Gasteiger partial charge < -0.3 is 14.6 Å². The number of carbonyl (C=O) groups is 1. The van der Waals surface area contributed by atoms with Crippen LogP contribution in [0.25, 0.3) is 12.2 Å². The number of fused-ring (bicyclic) bond motifs is 2. The third-order valence-corrected chi connectivity index (χ3v) is 5.31. The average molecular weight is 388 g/mol. The molecule has 2 aromatic carbocycles. The molecule has 2 aromatic rings. The van der Waals surface area contributed by atoms with E-state index < -0.39 is 0 Å². The molecule has 0 amide bonds. The molecule has 4 heteroatoms. The van der Waals surface area contributed by atoms with Gasteiger partial charge in [0.2, 0.25) is 0 Å². The van der Waals surface area contributed by atoms with Gasteiger partial charge in [-0.25, -0.2) is 4.79 Å². The Morgan fingerprint density at radius 3 is 2.03 bits per heavy atom. The van der Waals surface area contributed by atoms with Crippen LogP contribution in [0, 0.1) is 0 Å². The zero-order valence-corrected chi connectivity index (χ0v) is 16.2. The quantitative estimate of drug-likeness (QED) is 0.420. The van der Waals surface area contributed by atoms with Crippen LogP contribution in [0.1, 0.15) is 34.1 Å². The predicted octanol–water partition coefficient (Wildman–Crippen LogP) is 4.09. The number of carbonyl (C=O) groups excluding carboxylic acids is 1. The Bertz CT molecular complexity index is 907. The highest BCUT2D eigenvalue weighted by atomic mass is 16.6. The van der Waals surface area contributed by atoms with E-state index in [9.17, 15) is 4.79 Å². The molecule has 1 N–H and O–H groups in total. The minimum Gasteiger partial charge on any atom is -0.460 e. The maximum absolute atomic E-state index is 12.6. The van der Waals surface area contributed by atoms with Crippen molar-refractivity contribution in [1.82, 2.24) is 0 Å². The number of esters is 1. The first-order valence-electron chi connectivity index (χ1n) is 9.89. The van der Waals surface area contributed by atoms with Crippen LogP contribution in [0.15, 0.2) is 72.3 Å². The maximum atomic E-state index is 12.6. The van der Waals surface area contributed by atoms with Gasteiger partial charge in [-0.2, -0.15) is 0 Å². The van der Waals surface area contributed by atoms with Crippen molar-refractivity contribution in [2.75, 3.05) is 26.4 Å². The lowest BCUT2D eigenvalue weighted by Crippen LogP contribution is -2.13. The summed E-state index contributed by atoms with van der Waals surface area (Å²) in [5, 5.41) is 8.74. The predicted molar refractivity (Wildman–Crippen MR) is 113 cm³/mol. The van der Waals surface area contributed by atoms with Gasteiger partial charge in [-0.1, -0.05) is 72.8 Å². The van der Waals surface area contributed by atoms with Gasteiger partial charge in [0.05, 0.1) is 19.8 Å². The lowest BCUT2D eigenvalue weighted by molar-refractivity contribution is -0.139. The van der Waals surface area contributed by atoms with E-state index in [0.29, 0.717) is 0 Å². The van der Waals surface area contributed by atoms with E-state index in [1.807, 2.05) is 24.3 Å². The smallest absolute Gasteiger partial charge is 0.330 e. The van der Waals surface area contributed by atoms with Crippen molar-refractivity contribution in [2.45, 2.75) is 11.8 Å². The summed E-state index contributed by atoms with van der Waals surface area (Å²) in [7, 11) is 0. The highest BCUT2D eigenvalue weighted by Gasteiger charge is 2.30. The number of rotatable bonds is 8. The van der Waals surface area contributed by atoms with Crippen molar-refractivity contribution >= 4 is 18.1 Å². The van der Waals surface area contributed by atoms with E-state index in [2.05, 4.69) is 48.6 Å². The van der Waals surface area contributed by atoms with E-state index in [-0.39, 0.29) is 44.2 Å². The highest BCUT2D eigenvalue weighted by molar-refractivity contribution is 5.85. The van der Waals surface area contributed by atoms with Crippen LogP contribution in [0.3, 0.4) is 0 Å². The summed E-state index contributed by atoms with van der Waals surface area (Å²) in [6.45, 7) is 0.634. The summed E-state index contributed by atoms with van der Waals surface area (Å²) < 4.78 is 10.5. The number of hydrogen-bond donors (Lipinski definition) is 1. The van der Waals surface area contributed by atoms with E-state index in [1.54, 1.807) is 6.08 Å². The van der Waals surface area contributed by atoms with Crippen molar-refractivity contribution in [3.63, 3.8) is 0 Å². The fraction of sp³-hybridized carbons (Fsp3) is 0.240. The molecule has 4 nitrogen and oxygen atoms in total. The molecule has 0 aromatic heterocycles. The van der Waals surface area contributed by atoms with Crippen LogP contribution in [0.2, 0.25) is 0 Å². The van der Waals surface area contributed by atoms with Gasteiger partial charge in [0.15, 0.2) is 0 Å². The molecule has 2 atom stereocenters. The first-order chi connectivity index (χ1) is 14.3. The molecule has 2 unspecified atom stereocenters. The molecule has 0 radical (unpaired) electrons. The second-order valence-corrected chi connectivity index (χ2v) is 7.08. The minimum absolute atomic E-state index is 0.0326. The molecule has 2 aliphatic carbocycles. The van der Waals surface area contributed by atoms with Crippen molar-refractivity contribution in [1.29, 1.82) is 0 Å². The van der Waals surface area contributed by atoms with Crippen molar-refractivity contribution in [3.8, 4) is 0 Å². The summed E-state index contributed by atoms with van der Waals surface area (Å²) in [6, 6.07) is 16.6. The standard InChI is InChI=1S/C25H24O4/c26-13-14-28-15-16-29-25(27)17-24(22-11-9-18-5-1-3-7-20(18)22)23-12-10-19-6-2-4-8-21(19)23/h1-12,17,22-23,26H,13-16H2. The van der Waals surface area contributed by atoms with Crippen molar-refractivity contribution in [2.24, 2.45) is 0 Å². The molecular weight excluding hydrogens is 364 g/mol. The second-order valence-electron chi connectivity index (χ2n) is 7.08. The number of ether oxygens (including phenoxy) is 2. The van der Waals surface area contributed by atoms with Crippen LogP contribution in [-0.2, 0) is 14.3 Å². The number of hydrogen-bond acceptors (Lipinski definition) is 4. The maximum Gasteiger partial charge on any atom is 0.330 e. The lowest BCUT2D eigenvalue weighted by Gasteiger charge is -2.22. The largest absolute Gasteiger partial charge is 0.460 e. The second kappa shape index (κ2) is 9.03. The molecular formula is C25H24O4. The van der Waals surface area contributed by atoms with Gasteiger partial charge in [-0.15, -0.1) is 0 Å². The summed E-state index contributed by atoms with van der Waals surface area (Å²) in [4.78, 5) is 12.6. The van der Waals surface area contributed by atoms with Gasteiger partial charge in [0.1, 0.15) is 6.61 Å². The molecule has 148 valence electrons. The van der Waals surface area contributed by atoms with Crippen molar-refractivity contribution in [3.05, 3.63) is 94.6 Å². The van der Waals surface area contributed by atoms with Gasteiger partial charge in [0.25, 0.3) is 0 Å². The third kappa shape index (κ3) is 4.24. The highest BCUT2D eigenvalue weighted by Crippen LogP contribution is 2.45. The van der Waals surface area contributed by atoms with E-state index >= 15 is 0 Å². The minimum atomic E-state index is -0.372. The van der Waals surface area contributed by atoms with Crippen LogP contribution < -0.4 is 0 Å². The Balaban J connectivity index is 1.60. The summed E-state index contributed by atoms with van der Waals surface area (Å²) in [5.74, 6) is -0.307. The van der Waals surface area contributed by atoms with Crippen LogP contribution in [0.4, 0.5) is 0 Å². The zero-order chi connectivity index (χ0) is 20.1. The molecule has 0 fully saturated rings. The Kier molecular flexibility index (Phi) is 6.03. The molecule has 0 saturated carbocycles. The number of aliphatic hydroxyl groups excluding tert-OH is 1. The summed E-state index contributed by atoms with van der Waals surface area (Å²) in [6.07, 6.45) is 10.2. The molecule has 0 aliphatic heterocycles. The molecule has 0 spiro atoms. The van der Waals surface area contributed by atoms with Gasteiger partial charge in [0, 0.05) is 17.9 Å². The fourth-order valence-corrected chi connectivity index (χ4v) is 4.00. The third-order valence-electron chi connectivity index (χ3n) is 5.31. The number of aliphatic hydroxyl groups is 1. The SMILES string of the molecule is O=C(C=C(C1C=Cc2ccccc21)C1C=Cc2ccccc21)OCCOCCO.